The Hall–Kier alpha value is -1.78. The lowest BCUT2D eigenvalue weighted by Gasteiger charge is -2.31. The SMILES string of the molecule is CNC[C@@H]1C2C=CC=CC2Oc2ccc(Cl)cc2[C@H]1C(=O)O. The van der Waals surface area contributed by atoms with Crippen LogP contribution in [-0.4, -0.2) is 30.8 Å². The largest absolute Gasteiger partial charge is 0.485 e. The maximum Gasteiger partial charge on any atom is 0.311 e. The lowest BCUT2D eigenvalue weighted by atomic mass is 9.75. The fraction of sp³-hybridized carbons (Fsp3) is 0.353. The molecule has 0 radical (unpaired) electrons. The van der Waals surface area contributed by atoms with Gasteiger partial charge < -0.3 is 15.2 Å². The van der Waals surface area contributed by atoms with Crippen LogP contribution in [0.2, 0.25) is 5.02 Å². The van der Waals surface area contributed by atoms with Crippen molar-refractivity contribution in [2.45, 2.75) is 12.0 Å². The third kappa shape index (κ3) is 2.64. The minimum absolute atomic E-state index is 0.00438. The highest BCUT2D eigenvalue weighted by Crippen LogP contribution is 2.44. The highest BCUT2D eigenvalue weighted by molar-refractivity contribution is 6.30. The second kappa shape index (κ2) is 6.15. The summed E-state index contributed by atoms with van der Waals surface area (Å²) in [5, 5.41) is 13.5. The van der Waals surface area contributed by atoms with Crippen molar-refractivity contribution in [1.29, 1.82) is 0 Å². The minimum atomic E-state index is -0.851. The van der Waals surface area contributed by atoms with E-state index in [2.05, 4.69) is 5.32 Å². The van der Waals surface area contributed by atoms with Gasteiger partial charge in [-0.15, -0.1) is 0 Å². The zero-order chi connectivity index (χ0) is 15.7. The van der Waals surface area contributed by atoms with E-state index in [9.17, 15) is 9.90 Å². The lowest BCUT2D eigenvalue weighted by Crippen LogP contribution is -2.38. The van der Waals surface area contributed by atoms with Crippen molar-refractivity contribution < 1.29 is 14.6 Å². The molecule has 3 rings (SSSR count). The van der Waals surface area contributed by atoms with Crippen molar-refractivity contribution >= 4 is 17.6 Å². The number of ether oxygens (including phenoxy) is 1. The number of fused-ring (bicyclic) bond motifs is 2. The van der Waals surface area contributed by atoms with Gasteiger partial charge in [-0.3, -0.25) is 4.79 Å². The Kier molecular flexibility index (Phi) is 4.23. The number of benzene rings is 1. The smallest absolute Gasteiger partial charge is 0.311 e. The van der Waals surface area contributed by atoms with Gasteiger partial charge in [0.2, 0.25) is 0 Å². The van der Waals surface area contributed by atoms with Crippen LogP contribution >= 0.6 is 11.6 Å². The second-order valence-electron chi connectivity index (χ2n) is 5.65. The van der Waals surface area contributed by atoms with Crippen LogP contribution in [0, 0.1) is 11.8 Å². The van der Waals surface area contributed by atoms with Gasteiger partial charge in [0.1, 0.15) is 11.9 Å². The third-order valence-corrected chi connectivity index (χ3v) is 4.56. The molecule has 0 bridgehead atoms. The molecule has 2 unspecified atom stereocenters. The summed E-state index contributed by atoms with van der Waals surface area (Å²) >= 11 is 6.09. The van der Waals surface area contributed by atoms with E-state index in [4.69, 9.17) is 16.3 Å². The molecular formula is C17H18ClNO3. The van der Waals surface area contributed by atoms with Crippen molar-refractivity contribution in [2.75, 3.05) is 13.6 Å². The van der Waals surface area contributed by atoms with Gasteiger partial charge in [0.05, 0.1) is 5.92 Å². The van der Waals surface area contributed by atoms with Crippen molar-refractivity contribution in [3.8, 4) is 5.75 Å². The van der Waals surface area contributed by atoms with E-state index in [1.165, 1.54) is 0 Å². The summed E-state index contributed by atoms with van der Waals surface area (Å²) in [6.45, 7) is 0.589. The Morgan fingerprint density at radius 3 is 2.86 bits per heavy atom. The molecule has 4 nitrogen and oxygen atoms in total. The molecule has 1 aromatic rings. The van der Waals surface area contributed by atoms with Crippen molar-refractivity contribution in [2.24, 2.45) is 11.8 Å². The number of aliphatic carboxylic acids is 1. The Labute approximate surface area is 134 Å². The molecule has 0 aromatic heterocycles. The number of hydrogen-bond donors (Lipinski definition) is 2. The van der Waals surface area contributed by atoms with Crippen LogP contribution in [0.3, 0.4) is 0 Å². The zero-order valence-electron chi connectivity index (χ0n) is 12.2. The predicted octanol–water partition coefficient (Wildman–Crippen LogP) is 2.85. The maximum atomic E-state index is 12.0. The fourth-order valence-electron chi connectivity index (χ4n) is 3.38. The van der Waals surface area contributed by atoms with E-state index in [1.54, 1.807) is 18.2 Å². The van der Waals surface area contributed by atoms with Gasteiger partial charge in [-0.05, 0) is 43.8 Å². The molecule has 0 saturated carbocycles. The summed E-state index contributed by atoms with van der Waals surface area (Å²) in [5.74, 6) is -1.02. The Morgan fingerprint density at radius 1 is 1.36 bits per heavy atom. The van der Waals surface area contributed by atoms with Gasteiger partial charge in [0.25, 0.3) is 0 Å². The average molecular weight is 320 g/mol. The first-order valence-electron chi connectivity index (χ1n) is 7.30. The number of carboxylic acid groups (broad SMARTS) is 1. The quantitative estimate of drug-likeness (QED) is 0.899. The highest BCUT2D eigenvalue weighted by Gasteiger charge is 2.42. The van der Waals surface area contributed by atoms with Crippen LogP contribution in [0.25, 0.3) is 0 Å². The van der Waals surface area contributed by atoms with E-state index < -0.39 is 11.9 Å². The number of carbonyl (C=O) groups is 1. The monoisotopic (exact) mass is 319 g/mol. The van der Waals surface area contributed by atoms with Gasteiger partial charge >= 0.3 is 5.97 Å². The van der Waals surface area contributed by atoms with Crippen LogP contribution in [0.1, 0.15) is 11.5 Å². The number of carboxylic acids is 1. The van der Waals surface area contributed by atoms with E-state index in [0.717, 1.165) is 0 Å². The lowest BCUT2D eigenvalue weighted by molar-refractivity contribution is -0.140. The van der Waals surface area contributed by atoms with Gasteiger partial charge in [-0.2, -0.15) is 0 Å². The second-order valence-corrected chi connectivity index (χ2v) is 6.09. The van der Waals surface area contributed by atoms with Gasteiger partial charge in [0.15, 0.2) is 0 Å². The number of allylic oxidation sites excluding steroid dienone is 2. The molecule has 0 spiro atoms. The summed E-state index contributed by atoms with van der Waals surface area (Å²) in [7, 11) is 1.83. The summed E-state index contributed by atoms with van der Waals surface area (Å²) < 4.78 is 6.09. The Morgan fingerprint density at radius 2 is 2.14 bits per heavy atom. The summed E-state index contributed by atoms with van der Waals surface area (Å²) in [6.07, 6.45) is 7.75. The third-order valence-electron chi connectivity index (χ3n) is 4.32. The molecule has 2 aliphatic rings. The number of rotatable bonds is 3. The molecule has 2 N–H and O–H groups in total. The topological polar surface area (TPSA) is 58.6 Å². The first kappa shape index (κ1) is 15.1. The maximum absolute atomic E-state index is 12.0. The first-order chi connectivity index (χ1) is 10.6. The summed E-state index contributed by atoms with van der Waals surface area (Å²) in [5.41, 5.74) is 0.649. The average Bonchev–Trinajstić information content (AvgIpc) is 2.62. The van der Waals surface area contributed by atoms with Crippen molar-refractivity contribution in [1.82, 2.24) is 5.32 Å². The standard InChI is InChI=1S/C17H18ClNO3/c1-19-9-13-11-4-2-3-5-14(11)22-15-7-6-10(18)8-12(15)16(13)17(20)21/h2-8,11,13-14,16,19H,9H2,1H3,(H,20,21)/t11?,13-,14?,16-/m1/s1. The molecule has 0 fully saturated rings. The highest BCUT2D eigenvalue weighted by atomic mass is 35.5. The summed E-state index contributed by atoms with van der Waals surface area (Å²) in [6, 6.07) is 5.21. The van der Waals surface area contributed by atoms with E-state index in [1.807, 2.05) is 31.4 Å². The Balaban J connectivity index is 2.15. The van der Waals surface area contributed by atoms with Gasteiger partial charge in [-0.25, -0.2) is 0 Å². The molecule has 1 aliphatic heterocycles. The zero-order valence-corrected chi connectivity index (χ0v) is 13.0. The van der Waals surface area contributed by atoms with E-state index in [-0.39, 0.29) is 17.9 Å². The van der Waals surface area contributed by atoms with Crippen LogP contribution in [-0.2, 0) is 4.79 Å². The van der Waals surface area contributed by atoms with Gasteiger partial charge in [-0.1, -0.05) is 29.8 Å². The molecule has 1 aromatic carbocycles. The van der Waals surface area contributed by atoms with Crippen LogP contribution in [0.5, 0.6) is 5.75 Å². The molecule has 116 valence electrons. The molecule has 22 heavy (non-hydrogen) atoms. The molecule has 0 saturated heterocycles. The predicted molar refractivity (Wildman–Crippen MR) is 85.4 cm³/mol. The van der Waals surface area contributed by atoms with E-state index >= 15 is 0 Å². The minimum Gasteiger partial charge on any atom is -0.485 e. The molecular weight excluding hydrogens is 302 g/mol. The normalized spacial score (nSPS) is 29.2. The molecule has 1 heterocycles. The van der Waals surface area contributed by atoms with Crippen LogP contribution in [0.15, 0.2) is 42.5 Å². The number of halogens is 1. The number of nitrogens with one attached hydrogen (secondary N) is 1. The molecule has 4 atom stereocenters. The van der Waals surface area contributed by atoms with Crippen molar-refractivity contribution in [3.05, 3.63) is 53.1 Å². The first-order valence-corrected chi connectivity index (χ1v) is 7.68. The summed E-state index contributed by atoms with van der Waals surface area (Å²) in [4.78, 5) is 12.0. The van der Waals surface area contributed by atoms with Gasteiger partial charge in [0, 0.05) is 16.5 Å². The molecule has 0 amide bonds. The number of hydrogen-bond acceptors (Lipinski definition) is 3. The molecule has 1 aliphatic carbocycles. The van der Waals surface area contributed by atoms with E-state index in [0.29, 0.717) is 22.9 Å². The fourth-order valence-corrected chi connectivity index (χ4v) is 3.56. The van der Waals surface area contributed by atoms with Crippen LogP contribution in [0.4, 0.5) is 0 Å². The van der Waals surface area contributed by atoms with Crippen molar-refractivity contribution in [3.63, 3.8) is 0 Å². The van der Waals surface area contributed by atoms with Crippen LogP contribution < -0.4 is 10.1 Å². The molecule has 5 heteroatoms. The Bertz CT molecular complexity index is 641.